The molecule has 0 bridgehead atoms. The molecule has 0 amide bonds. The molecule has 1 aliphatic heterocycles. The number of hydrogen-bond donors (Lipinski definition) is 0. The van der Waals surface area contributed by atoms with Crippen LogP contribution in [0.25, 0.3) is 0 Å². The van der Waals surface area contributed by atoms with Gasteiger partial charge < -0.3 is 8.92 Å². The third-order valence-corrected chi connectivity index (χ3v) is 6.60. The first-order valence-electron chi connectivity index (χ1n) is 8.40. The molecule has 0 N–H and O–H groups in total. The Kier molecular flexibility index (Phi) is 5.62. The second-order valence-electron chi connectivity index (χ2n) is 7.00. The van der Waals surface area contributed by atoms with Gasteiger partial charge in [-0.1, -0.05) is 39.7 Å². The smallest absolute Gasteiger partial charge is 0.338 e. The van der Waals surface area contributed by atoms with Crippen LogP contribution in [-0.4, -0.2) is 14.4 Å². The Bertz CT molecular complexity index is 1040. The van der Waals surface area contributed by atoms with Crippen molar-refractivity contribution < 1.29 is 22.1 Å². The Hall–Kier alpha value is -1.83. The molecule has 0 saturated carbocycles. The van der Waals surface area contributed by atoms with Crippen molar-refractivity contribution in [1.82, 2.24) is 0 Å². The summed E-state index contributed by atoms with van der Waals surface area (Å²) in [6.07, 6.45) is -0.702. The van der Waals surface area contributed by atoms with E-state index < -0.39 is 27.6 Å². The lowest BCUT2D eigenvalue weighted by molar-refractivity contribution is -0.154. The van der Waals surface area contributed by atoms with Gasteiger partial charge in [-0.3, -0.25) is 0 Å². The van der Waals surface area contributed by atoms with Crippen molar-refractivity contribution in [2.45, 2.75) is 31.8 Å². The topological polar surface area (TPSA) is 69.7 Å². The van der Waals surface area contributed by atoms with Crippen molar-refractivity contribution in [3.8, 4) is 0 Å². The summed E-state index contributed by atoms with van der Waals surface area (Å²) in [6.45, 7) is 5.05. The normalized spacial score (nSPS) is 19.3. The van der Waals surface area contributed by atoms with Gasteiger partial charge in [0.25, 0.3) is 0 Å². The molecule has 5 nitrogen and oxygen atoms in total. The third-order valence-electron chi connectivity index (χ3n) is 4.58. The van der Waals surface area contributed by atoms with E-state index in [0.717, 1.165) is 10.0 Å². The number of cyclic esters (lactones) is 1. The van der Waals surface area contributed by atoms with Gasteiger partial charge in [0, 0.05) is 9.50 Å². The van der Waals surface area contributed by atoms with E-state index in [0.29, 0.717) is 5.02 Å². The zero-order valence-electron chi connectivity index (χ0n) is 15.4. The van der Waals surface area contributed by atoms with Gasteiger partial charge in [-0.25, -0.2) is 4.79 Å². The molecule has 0 fully saturated rings. The molecule has 1 aliphatic rings. The van der Waals surface area contributed by atoms with Crippen molar-refractivity contribution >= 4 is 43.6 Å². The minimum Gasteiger partial charge on any atom is -0.453 e. The van der Waals surface area contributed by atoms with Gasteiger partial charge in [-0.05, 0) is 62.7 Å². The molecule has 3 rings (SSSR count). The highest BCUT2D eigenvalue weighted by Gasteiger charge is 2.46. The van der Waals surface area contributed by atoms with Gasteiger partial charge >= 0.3 is 16.1 Å². The zero-order chi connectivity index (χ0) is 20.7. The van der Waals surface area contributed by atoms with Crippen LogP contribution in [0.15, 0.2) is 69.2 Å². The standard InChI is InChI=1S/C20H18BrClO5S/c1-12-17(27-28(24,25)16-10-8-15(22)9-11-16)20(2,3)18(26-19(12)23)13-4-6-14(21)7-5-13/h4-11,18H,1-3H3/t18-/m1/s1. The summed E-state index contributed by atoms with van der Waals surface area (Å²) in [5.41, 5.74) is -0.0550. The monoisotopic (exact) mass is 484 g/mol. The molecule has 0 spiro atoms. The van der Waals surface area contributed by atoms with Crippen LogP contribution < -0.4 is 0 Å². The highest BCUT2D eigenvalue weighted by molar-refractivity contribution is 9.10. The molecular weight excluding hydrogens is 468 g/mol. The maximum Gasteiger partial charge on any atom is 0.338 e. The second-order valence-corrected chi connectivity index (χ2v) is 9.90. The summed E-state index contributed by atoms with van der Waals surface area (Å²) in [4.78, 5) is 12.4. The zero-order valence-corrected chi connectivity index (χ0v) is 18.6. The number of benzene rings is 2. The number of ether oxygens (including phenoxy) is 1. The van der Waals surface area contributed by atoms with Gasteiger partial charge in [0.1, 0.15) is 16.8 Å². The number of rotatable bonds is 4. The van der Waals surface area contributed by atoms with Crippen LogP contribution in [0.4, 0.5) is 0 Å². The summed E-state index contributed by atoms with van der Waals surface area (Å²) < 4.78 is 37.5. The molecule has 1 heterocycles. The van der Waals surface area contributed by atoms with E-state index >= 15 is 0 Å². The van der Waals surface area contributed by atoms with Crippen LogP contribution in [0, 0.1) is 5.41 Å². The largest absolute Gasteiger partial charge is 0.453 e. The van der Waals surface area contributed by atoms with E-state index in [1.54, 1.807) is 13.8 Å². The van der Waals surface area contributed by atoms with Gasteiger partial charge in [-0.15, -0.1) is 0 Å². The van der Waals surface area contributed by atoms with E-state index in [-0.39, 0.29) is 16.2 Å². The molecule has 8 heteroatoms. The van der Waals surface area contributed by atoms with Crippen LogP contribution >= 0.6 is 27.5 Å². The quantitative estimate of drug-likeness (QED) is 0.428. The molecule has 148 valence electrons. The van der Waals surface area contributed by atoms with Gasteiger partial charge in [0.05, 0.1) is 11.0 Å². The van der Waals surface area contributed by atoms with Crippen molar-refractivity contribution in [3.63, 3.8) is 0 Å². The Morgan fingerprint density at radius 2 is 1.64 bits per heavy atom. The summed E-state index contributed by atoms with van der Waals surface area (Å²) in [5, 5.41) is 0.409. The predicted octanol–water partition coefficient (Wildman–Crippen LogP) is 5.41. The number of halogens is 2. The Balaban J connectivity index is 2.02. The van der Waals surface area contributed by atoms with E-state index in [9.17, 15) is 13.2 Å². The number of hydrogen-bond acceptors (Lipinski definition) is 5. The van der Waals surface area contributed by atoms with E-state index in [4.69, 9.17) is 20.5 Å². The van der Waals surface area contributed by atoms with Gasteiger partial charge in [0.15, 0.2) is 0 Å². The van der Waals surface area contributed by atoms with Gasteiger partial charge in [0.2, 0.25) is 0 Å². The minimum atomic E-state index is -4.15. The lowest BCUT2D eigenvalue weighted by Gasteiger charge is -2.39. The lowest BCUT2D eigenvalue weighted by Crippen LogP contribution is -2.37. The van der Waals surface area contributed by atoms with Crippen molar-refractivity contribution in [2.75, 3.05) is 0 Å². The summed E-state index contributed by atoms with van der Waals surface area (Å²) in [6, 6.07) is 12.9. The average molecular weight is 486 g/mol. The molecule has 0 radical (unpaired) electrons. The molecule has 28 heavy (non-hydrogen) atoms. The summed E-state index contributed by atoms with van der Waals surface area (Å²) in [5.74, 6) is -0.555. The maximum atomic E-state index is 12.8. The van der Waals surface area contributed by atoms with Crippen LogP contribution in [0.5, 0.6) is 0 Å². The van der Waals surface area contributed by atoms with Crippen molar-refractivity contribution in [2.24, 2.45) is 5.41 Å². The fourth-order valence-corrected chi connectivity index (χ4v) is 4.60. The third kappa shape index (κ3) is 3.97. The minimum absolute atomic E-state index is 0.0490. The molecule has 2 aromatic carbocycles. The number of carbonyl (C=O) groups is 1. The predicted molar refractivity (Wildman–Crippen MR) is 109 cm³/mol. The molecule has 0 unspecified atom stereocenters. The van der Waals surface area contributed by atoms with Gasteiger partial charge in [-0.2, -0.15) is 8.42 Å². The van der Waals surface area contributed by atoms with Crippen molar-refractivity contribution in [3.05, 3.63) is 74.9 Å². The Labute approximate surface area is 177 Å². The van der Waals surface area contributed by atoms with E-state index in [1.807, 2.05) is 24.3 Å². The van der Waals surface area contributed by atoms with Crippen LogP contribution in [0.2, 0.25) is 5.02 Å². The molecule has 0 aromatic heterocycles. The van der Waals surface area contributed by atoms with Crippen LogP contribution in [0.3, 0.4) is 0 Å². The SMILES string of the molecule is CC1=C(OS(=O)(=O)c2ccc(Cl)cc2)C(C)(C)[C@@H](c2ccc(Br)cc2)OC1=O. The fraction of sp³-hybridized carbons (Fsp3) is 0.250. The highest BCUT2D eigenvalue weighted by atomic mass is 79.9. The van der Waals surface area contributed by atoms with E-state index in [1.165, 1.54) is 31.2 Å². The summed E-state index contributed by atoms with van der Waals surface area (Å²) in [7, 11) is -4.15. The first-order chi connectivity index (χ1) is 13.0. The second kappa shape index (κ2) is 7.54. The Morgan fingerprint density at radius 1 is 1.07 bits per heavy atom. The maximum absolute atomic E-state index is 12.8. The molecular formula is C20H18BrClO5S. The van der Waals surface area contributed by atoms with Crippen LogP contribution in [-0.2, 0) is 23.8 Å². The van der Waals surface area contributed by atoms with Crippen molar-refractivity contribution in [1.29, 1.82) is 0 Å². The number of esters is 1. The lowest BCUT2D eigenvalue weighted by atomic mass is 9.77. The fourth-order valence-electron chi connectivity index (χ4n) is 3.09. The first-order valence-corrected chi connectivity index (χ1v) is 11.0. The molecule has 0 aliphatic carbocycles. The highest BCUT2D eigenvalue weighted by Crippen LogP contribution is 2.48. The molecule has 2 aromatic rings. The average Bonchev–Trinajstić information content (AvgIpc) is 2.63. The molecule has 1 atom stereocenters. The first kappa shape index (κ1) is 20.9. The van der Waals surface area contributed by atoms with E-state index in [2.05, 4.69) is 15.9 Å². The Morgan fingerprint density at radius 3 is 2.21 bits per heavy atom. The van der Waals surface area contributed by atoms with Crippen LogP contribution in [0.1, 0.15) is 32.4 Å². The summed E-state index contributed by atoms with van der Waals surface area (Å²) >= 11 is 9.20. The number of carbonyl (C=O) groups excluding carboxylic acids is 1. The molecule has 0 saturated heterocycles.